The number of amides is 2. The molecular weight excluding hydrogens is 526 g/mol. The average Bonchev–Trinajstić information content (AvgIpc) is 3.26. The first-order valence-corrected chi connectivity index (χ1v) is 15.0. The van der Waals surface area contributed by atoms with E-state index in [1.807, 2.05) is 85.8 Å². The molecule has 2 N–H and O–H groups in total. The molecule has 0 saturated carbocycles. The first-order valence-electron chi connectivity index (χ1n) is 14.1. The summed E-state index contributed by atoms with van der Waals surface area (Å²) in [7, 11) is 0. The molecule has 0 aliphatic carbocycles. The Labute approximate surface area is 246 Å². The number of hydrogen-bond acceptors (Lipinski definition) is 4. The molecule has 5 nitrogen and oxygen atoms in total. The maximum atomic E-state index is 14.0. The Morgan fingerprint density at radius 2 is 1.29 bits per heavy atom. The molecule has 2 saturated heterocycles. The number of thioether (sulfide) groups is 1. The molecule has 2 amide bonds. The summed E-state index contributed by atoms with van der Waals surface area (Å²) in [5.74, 6) is -0.159. The summed E-state index contributed by atoms with van der Waals surface area (Å²) in [5.41, 5.74) is 4.62. The zero-order valence-electron chi connectivity index (χ0n) is 23.6. The van der Waals surface area contributed by atoms with Gasteiger partial charge in [-0.2, -0.15) is 0 Å². The molecule has 0 aromatic heterocycles. The number of aryl methyl sites for hydroxylation is 1. The van der Waals surface area contributed by atoms with Crippen LogP contribution < -0.4 is 10.6 Å². The van der Waals surface area contributed by atoms with Gasteiger partial charge in [0.25, 0.3) is 0 Å². The standard InChI is InChI=1S/C35H35N3O2S/c1-24-19-21-25(22-20-24)23-36-31(39)30-34(2,3)41-33-29(32(40)38(30)33)37-35(26-13-7-4-8-14-26,27-15-9-5-10-16-27)28-17-11-6-12-18-28/h4-22,29-30,33,37H,23H2,1-3H3,(H,36,39). The molecule has 4 aromatic rings. The number of nitrogens with zero attached hydrogens (tertiary/aromatic N) is 1. The molecular formula is C35H35N3O2S. The highest BCUT2D eigenvalue weighted by Gasteiger charge is 2.64. The van der Waals surface area contributed by atoms with E-state index in [2.05, 4.69) is 60.9 Å². The third-order valence-electron chi connectivity index (χ3n) is 8.27. The SMILES string of the molecule is Cc1ccc(CNC(=O)C2N3C(=O)C(NC(c4ccccc4)(c4ccccc4)c4ccccc4)C3SC2(C)C)cc1. The van der Waals surface area contributed by atoms with Gasteiger partial charge >= 0.3 is 0 Å². The van der Waals surface area contributed by atoms with Gasteiger partial charge in [0.15, 0.2) is 0 Å². The van der Waals surface area contributed by atoms with Gasteiger partial charge in [-0.05, 0) is 43.0 Å². The van der Waals surface area contributed by atoms with E-state index in [0.717, 1.165) is 22.3 Å². The van der Waals surface area contributed by atoms with E-state index < -0.39 is 22.4 Å². The van der Waals surface area contributed by atoms with Crippen molar-refractivity contribution in [3.05, 3.63) is 143 Å². The van der Waals surface area contributed by atoms with Crippen molar-refractivity contribution in [3.63, 3.8) is 0 Å². The Kier molecular flexibility index (Phi) is 7.22. The smallest absolute Gasteiger partial charge is 0.244 e. The van der Waals surface area contributed by atoms with Gasteiger partial charge in [-0.3, -0.25) is 14.9 Å². The summed E-state index contributed by atoms with van der Waals surface area (Å²) in [6, 6.07) is 38.0. The predicted molar refractivity (Wildman–Crippen MR) is 165 cm³/mol. The van der Waals surface area contributed by atoms with Crippen LogP contribution in [0.1, 0.15) is 41.7 Å². The monoisotopic (exact) mass is 561 g/mol. The Morgan fingerprint density at radius 3 is 1.78 bits per heavy atom. The van der Waals surface area contributed by atoms with Gasteiger partial charge in [-0.15, -0.1) is 11.8 Å². The molecule has 208 valence electrons. The van der Waals surface area contributed by atoms with Crippen molar-refractivity contribution >= 4 is 23.6 Å². The Morgan fingerprint density at radius 1 is 0.805 bits per heavy atom. The molecule has 2 heterocycles. The van der Waals surface area contributed by atoms with Crippen molar-refractivity contribution in [1.82, 2.24) is 15.5 Å². The highest BCUT2D eigenvalue weighted by molar-refractivity contribution is 8.01. The number of benzene rings is 4. The first-order chi connectivity index (χ1) is 19.8. The van der Waals surface area contributed by atoms with Crippen LogP contribution in [0.15, 0.2) is 115 Å². The molecule has 3 unspecified atom stereocenters. The summed E-state index contributed by atoms with van der Waals surface area (Å²) in [4.78, 5) is 29.3. The van der Waals surface area contributed by atoms with Crippen molar-refractivity contribution in [2.24, 2.45) is 0 Å². The minimum absolute atomic E-state index is 0.0456. The maximum absolute atomic E-state index is 14.0. The van der Waals surface area contributed by atoms with E-state index in [1.54, 1.807) is 16.7 Å². The lowest BCUT2D eigenvalue weighted by atomic mass is 9.76. The molecule has 2 aliphatic rings. The number of carbonyl (C=O) groups excluding carboxylic acids is 2. The van der Waals surface area contributed by atoms with E-state index in [1.165, 1.54) is 5.56 Å². The van der Waals surface area contributed by atoms with E-state index in [-0.39, 0.29) is 17.2 Å². The average molecular weight is 562 g/mol. The van der Waals surface area contributed by atoms with Gasteiger partial charge in [0.05, 0.1) is 5.54 Å². The largest absolute Gasteiger partial charge is 0.350 e. The highest BCUT2D eigenvalue weighted by atomic mass is 32.2. The van der Waals surface area contributed by atoms with Crippen molar-refractivity contribution < 1.29 is 9.59 Å². The Bertz CT molecular complexity index is 1430. The molecule has 0 spiro atoms. The number of rotatable bonds is 8. The van der Waals surface area contributed by atoms with Gasteiger partial charge in [-0.1, -0.05) is 121 Å². The zero-order chi connectivity index (χ0) is 28.6. The van der Waals surface area contributed by atoms with Crippen molar-refractivity contribution in [3.8, 4) is 0 Å². The molecule has 4 aromatic carbocycles. The fourth-order valence-corrected chi connectivity index (χ4v) is 7.84. The molecule has 2 fully saturated rings. The van der Waals surface area contributed by atoms with Crippen LogP contribution in [-0.2, 0) is 21.7 Å². The summed E-state index contributed by atoms with van der Waals surface area (Å²) in [5, 5.41) is 6.79. The van der Waals surface area contributed by atoms with Crippen LogP contribution in [0.5, 0.6) is 0 Å². The predicted octanol–water partition coefficient (Wildman–Crippen LogP) is 5.62. The van der Waals surface area contributed by atoms with Crippen LogP contribution in [0.25, 0.3) is 0 Å². The second kappa shape index (κ2) is 10.8. The Hall–Kier alpha value is -3.87. The number of hydrogen-bond donors (Lipinski definition) is 2. The molecule has 3 atom stereocenters. The van der Waals surface area contributed by atoms with Crippen LogP contribution in [0.4, 0.5) is 0 Å². The number of fused-ring (bicyclic) bond motifs is 1. The van der Waals surface area contributed by atoms with E-state index in [9.17, 15) is 9.59 Å². The third-order valence-corrected chi connectivity index (χ3v) is 9.84. The van der Waals surface area contributed by atoms with Gasteiger partial charge < -0.3 is 10.2 Å². The van der Waals surface area contributed by atoms with Crippen LogP contribution in [0, 0.1) is 6.92 Å². The van der Waals surface area contributed by atoms with Crippen molar-refractivity contribution in [2.45, 2.75) is 55.1 Å². The summed E-state index contributed by atoms with van der Waals surface area (Å²) in [6.07, 6.45) is 0. The van der Waals surface area contributed by atoms with E-state index in [0.29, 0.717) is 6.54 Å². The van der Waals surface area contributed by atoms with Crippen LogP contribution in [-0.4, -0.2) is 38.9 Å². The zero-order valence-corrected chi connectivity index (χ0v) is 24.4. The number of β-lactam (4-membered cyclic amide) rings is 1. The maximum Gasteiger partial charge on any atom is 0.244 e. The second-order valence-corrected chi connectivity index (χ2v) is 13.2. The summed E-state index contributed by atoms with van der Waals surface area (Å²) < 4.78 is -0.441. The fraction of sp³-hybridized carbons (Fsp3) is 0.257. The summed E-state index contributed by atoms with van der Waals surface area (Å²) in [6.45, 7) is 6.61. The lowest BCUT2D eigenvalue weighted by molar-refractivity contribution is -0.154. The fourth-order valence-electron chi connectivity index (χ4n) is 6.21. The molecule has 6 rings (SSSR count). The minimum atomic E-state index is -0.757. The number of carbonyl (C=O) groups is 2. The van der Waals surface area contributed by atoms with E-state index in [4.69, 9.17) is 0 Å². The van der Waals surface area contributed by atoms with Crippen LogP contribution in [0.3, 0.4) is 0 Å². The van der Waals surface area contributed by atoms with Gasteiger partial charge in [0, 0.05) is 11.3 Å². The van der Waals surface area contributed by atoms with E-state index >= 15 is 0 Å². The van der Waals surface area contributed by atoms with Crippen molar-refractivity contribution in [1.29, 1.82) is 0 Å². The van der Waals surface area contributed by atoms with Crippen molar-refractivity contribution in [2.75, 3.05) is 0 Å². The second-order valence-electron chi connectivity index (χ2n) is 11.4. The van der Waals surface area contributed by atoms with Gasteiger partial charge in [0.2, 0.25) is 11.8 Å². The van der Waals surface area contributed by atoms with Crippen LogP contribution >= 0.6 is 11.8 Å². The molecule has 41 heavy (non-hydrogen) atoms. The minimum Gasteiger partial charge on any atom is -0.350 e. The van der Waals surface area contributed by atoms with Gasteiger partial charge in [-0.25, -0.2) is 0 Å². The lowest BCUT2D eigenvalue weighted by Crippen LogP contribution is -2.73. The highest BCUT2D eigenvalue weighted by Crippen LogP contribution is 2.52. The quantitative estimate of drug-likeness (QED) is 0.216. The normalized spacial score (nSPS) is 21.2. The van der Waals surface area contributed by atoms with Gasteiger partial charge in [0.1, 0.15) is 17.5 Å². The number of nitrogens with one attached hydrogen (secondary N) is 2. The topological polar surface area (TPSA) is 61.4 Å². The lowest BCUT2D eigenvalue weighted by Gasteiger charge is -2.49. The first kappa shape index (κ1) is 27.3. The molecule has 0 radical (unpaired) electrons. The molecule has 2 aliphatic heterocycles. The Balaban J connectivity index is 1.32. The third kappa shape index (κ3) is 4.85. The summed E-state index contributed by atoms with van der Waals surface area (Å²) >= 11 is 1.70. The van der Waals surface area contributed by atoms with Crippen LogP contribution in [0.2, 0.25) is 0 Å². The molecule has 0 bridgehead atoms. The molecule has 6 heteroatoms.